The van der Waals surface area contributed by atoms with Crippen molar-refractivity contribution in [1.82, 2.24) is 9.36 Å². The van der Waals surface area contributed by atoms with Gasteiger partial charge < -0.3 is 15.8 Å². The molecule has 6 heteroatoms. The third-order valence-electron chi connectivity index (χ3n) is 2.45. The third kappa shape index (κ3) is 3.41. The van der Waals surface area contributed by atoms with Gasteiger partial charge in [0.1, 0.15) is 0 Å². The first-order valence-corrected chi connectivity index (χ1v) is 6.54. The molecular formula is C12H16N4OS. The Bertz CT molecular complexity index is 500. The normalized spacial score (nSPS) is 10.5. The number of benzene rings is 1. The van der Waals surface area contributed by atoms with Gasteiger partial charge in [-0.25, -0.2) is 0 Å². The molecule has 1 heterocycles. The van der Waals surface area contributed by atoms with Crippen LogP contribution in [0.15, 0.2) is 24.3 Å². The van der Waals surface area contributed by atoms with Gasteiger partial charge in [-0.15, -0.1) is 0 Å². The number of nitrogens with one attached hydrogen (secondary N) is 1. The molecule has 96 valence electrons. The first-order valence-electron chi connectivity index (χ1n) is 5.77. The smallest absolute Gasteiger partial charge is 0.233 e. The molecule has 0 aliphatic rings. The Labute approximate surface area is 110 Å². The van der Waals surface area contributed by atoms with Crippen molar-refractivity contribution in [1.29, 1.82) is 0 Å². The van der Waals surface area contributed by atoms with E-state index in [1.165, 1.54) is 22.7 Å². The van der Waals surface area contributed by atoms with E-state index >= 15 is 0 Å². The number of hydrogen-bond acceptors (Lipinski definition) is 6. The SMILES string of the molecule is CCOCc1ccccc1CNc1nc(N)ns1. The van der Waals surface area contributed by atoms with Crippen LogP contribution in [0.3, 0.4) is 0 Å². The van der Waals surface area contributed by atoms with Crippen LogP contribution in [0.4, 0.5) is 11.1 Å². The molecule has 0 unspecified atom stereocenters. The number of anilines is 2. The molecule has 0 fully saturated rings. The Morgan fingerprint density at radius 1 is 1.33 bits per heavy atom. The molecule has 0 saturated heterocycles. The van der Waals surface area contributed by atoms with Crippen LogP contribution in [0.2, 0.25) is 0 Å². The molecule has 0 bridgehead atoms. The summed E-state index contributed by atoms with van der Waals surface area (Å²) in [6, 6.07) is 8.18. The largest absolute Gasteiger partial charge is 0.377 e. The molecular weight excluding hydrogens is 248 g/mol. The predicted molar refractivity (Wildman–Crippen MR) is 73.4 cm³/mol. The van der Waals surface area contributed by atoms with Crippen molar-refractivity contribution in [2.45, 2.75) is 20.1 Å². The summed E-state index contributed by atoms with van der Waals surface area (Å²) in [4.78, 5) is 4.06. The highest BCUT2D eigenvalue weighted by atomic mass is 32.1. The van der Waals surface area contributed by atoms with Crippen molar-refractivity contribution in [3.05, 3.63) is 35.4 Å². The number of nitrogens with zero attached hydrogens (tertiary/aromatic N) is 2. The van der Waals surface area contributed by atoms with E-state index in [0.717, 1.165) is 5.13 Å². The lowest BCUT2D eigenvalue weighted by molar-refractivity contribution is 0.133. The predicted octanol–water partition coefficient (Wildman–Crippen LogP) is 2.27. The molecule has 0 aliphatic heterocycles. The van der Waals surface area contributed by atoms with Gasteiger partial charge >= 0.3 is 0 Å². The fourth-order valence-corrected chi connectivity index (χ4v) is 2.05. The fourth-order valence-electron chi connectivity index (χ4n) is 1.56. The van der Waals surface area contributed by atoms with Gasteiger partial charge in [0.25, 0.3) is 0 Å². The Kier molecular flexibility index (Phi) is 4.49. The summed E-state index contributed by atoms with van der Waals surface area (Å²) in [7, 11) is 0. The molecule has 18 heavy (non-hydrogen) atoms. The Hall–Kier alpha value is -1.66. The van der Waals surface area contributed by atoms with Gasteiger partial charge in [-0.05, 0) is 18.1 Å². The van der Waals surface area contributed by atoms with Crippen LogP contribution in [-0.2, 0) is 17.9 Å². The molecule has 5 nitrogen and oxygen atoms in total. The number of nitrogen functional groups attached to an aromatic ring is 1. The average molecular weight is 264 g/mol. The number of aromatic nitrogens is 2. The maximum atomic E-state index is 5.47. The molecule has 0 radical (unpaired) electrons. The zero-order valence-electron chi connectivity index (χ0n) is 10.2. The van der Waals surface area contributed by atoms with Crippen LogP contribution in [0.1, 0.15) is 18.1 Å². The lowest BCUT2D eigenvalue weighted by atomic mass is 10.1. The van der Waals surface area contributed by atoms with E-state index in [2.05, 4.69) is 26.8 Å². The quantitative estimate of drug-likeness (QED) is 0.837. The topological polar surface area (TPSA) is 73.1 Å². The second kappa shape index (κ2) is 6.32. The number of nitrogens with two attached hydrogens (primary N) is 1. The van der Waals surface area contributed by atoms with E-state index in [-0.39, 0.29) is 0 Å². The average Bonchev–Trinajstić information content (AvgIpc) is 2.81. The summed E-state index contributed by atoms with van der Waals surface area (Å²) in [5.41, 5.74) is 7.85. The highest BCUT2D eigenvalue weighted by Crippen LogP contribution is 2.16. The molecule has 0 amide bonds. The number of ether oxygens (including phenoxy) is 1. The van der Waals surface area contributed by atoms with Crippen LogP contribution < -0.4 is 11.1 Å². The molecule has 2 rings (SSSR count). The van der Waals surface area contributed by atoms with E-state index in [1.54, 1.807) is 0 Å². The zero-order chi connectivity index (χ0) is 12.8. The summed E-state index contributed by atoms with van der Waals surface area (Å²) in [5, 5.41) is 3.94. The second-order valence-corrected chi connectivity index (χ2v) is 4.47. The van der Waals surface area contributed by atoms with E-state index < -0.39 is 0 Å². The minimum atomic E-state index is 0.310. The summed E-state index contributed by atoms with van der Waals surface area (Å²) in [6.07, 6.45) is 0. The van der Waals surface area contributed by atoms with Crippen LogP contribution in [-0.4, -0.2) is 16.0 Å². The number of hydrogen-bond donors (Lipinski definition) is 2. The number of rotatable bonds is 6. The molecule has 0 spiro atoms. The lowest BCUT2D eigenvalue weighted by Crippen LogP contribution is -2.04. The van der Waals surface area contributed by atoms with Crippen molar-refractivity contribution in [3.63, 3.8) is 0 Å². The molecule has 1 aromatic carbocycles. The first kappa shape index (κ1) is 12.8. The Morgan fingerprint density at radius 3 is 2.78 bits per heavy atom. The minimum absolute atomic E-state index is 0.310. The van der Waals surface area contributed by atoms with Crippen LogP contribution in [0, 0.1) is 0 Å². The van der Waals surface area contributed by atoms with Gasteiger partial charge in [0.05, 0.1) is 6.61 Å². The molecule has 1 aromatic heterocycles. The maximum absolute atomic E-state index is 5.47. The maximum Gasteiger partial charge on any atom is 0.233 e. The Morgan fingerprint density at radius 2 is 2.11 bits per heavy atom. The summed E-state index contributed by atoms with van der Waals surface area (Å²) in [5.74, 6) is 0.310. The zero-order valence-corrected chi connectivity index (χ0v) is 11.0. The van der Waals surface area contributed by atoms with Crippen molar-refractivity contribution >= 4 is 22.6 Å². The Balaban J connectivity index is 1.99. The van der Waals surface area contributed by atoms with Gasteiger partial charge in [-0.1, -0.05) is 24.3 Å². The van der Waals surface area contributed by atoms with Gasteiger partial charge in [-0.3, -0.25) is 0 Å². The summed E-state index contributed by atoms with van der Waals surface area (Å²) in [6.45, 7) is 4.03. The van der Waals surface area contributed by atoms with Crippen molar-refractivity contribution < 1.29 is 4.74 Å². The first-order chi connectivity index (χ1) is 8.79. The second-order valence-electron chi connectivity index (χ2n) is 3.72. The van der Waals surface area contributed by atoms with E-state index in [4.69, 9.17) is 10.5 Å². The van der Waals surface area contributed by atoms with Gasteiger partial charge in [0.15, 0.2) is 0 Å². The molecule has 3 N–H and O–H groups in total. The van der Waals surface area contributed by atoms with Gasteiger partial charge in [-0.2, -0.15) is 9.36 Å². The van der Waals surface area contributed by atoms with E-state index in [9.17, 15) is 0 Å². The monoisotopic (exact) mass is 264 g/mol. The van der Waals surface area contributed by atoms with Crippen LogP contribution in [0.5, 0.6) is 0 Å². The lowest BCUT2D eigenvalue weighted by Gasteiger charge is -2.09. The van der Waals surface area contributed by atoms with Crippen molar-refractivity contribution in [3.8, 4) is 0 Å². The molecule has 2 aromatic rings. The van der Waals surface area contributed by atoms with E-state index in [0.29, 0.717) is 25.7 Å². The molecule has 0 saturated carbocycles. The molecule has 0 aliphatic carbocycles. The van der Waals surface area contributed by atoms with Crippen LogP contribution >= 0.6 is 11.5 Å². The van der Waals surface area contributed by atoms with Crippen molar-refractivity contribution in [2.75, 3.05) is 17.7 Å². The van der Waals surface area contributed by atoms with Crippen LogP contribution in [0.25, 0.3) is 0 Å². The third-order valence-corrected chi connectivity index (χ3v) is 3.14. The fraction of sp³-hybridized carbons (Fsp3) is 0.333. The summed E-state index contributed by atoms with van der Waals surface area (Å²) >= 11 is 1.26. The summed E-state index contributed by atoms with van der Waals surface area (Å²) < 4.78 is 9.37. The van der Waals surface area contributed by atoms with E-state index in [1.807, 2.05) is 19.1 Å². The highest BCUT2D eigenvalue weighted by molar-refractivity contribution is 7.09. The van der Waals surface area contributed by atoms with Gasteiger partial charge in [0, 0.05) is 24.7 Å². The van der Waals surface area contributed by atoms with Crippen molar-refractivity contribution in [2.24, 2.45) is 0 Å². The standard InChI is InChI=1S/C12H16N4OS/c1-2-17-8-10-6-4-3-5-9(10)7-14-12-15-11(13)16-18-12/h3-6H,2,7-8H2,1H3,(H3,13,14,15,16). The molecule has 0 atom stereocenters. The minimum Gasteiger partial charge on any atom is -0.377 e. The highest BCUT2D eigenvalue weighted by Gasteiger charge is 2.04. The van der Waals surface area contributed by atoms with Gasteiger partial charge in [0.2, 0.25) is 11.1 Å².